The molecule has 1 heterocycles. The number of fused-ring (bicyclic) bond motifs is 5. The molecular formula is C34H27ClOS. The molecule has 0 atom stereocenters. The van der Waals surface area contributed by atoms with Crippen LogP contribution in [-0.4, -0.2) is 0 Å². The summed E-state index contributed by atoms with van der Waals surface area (Å²) < 4.78 is 6.35. The fourth-order valence-corrected chi connectivity index (χ4v) is 10.6. The number of ether oxygens (including phenoxy) is 1. The van der Waals surface area contributed by atoms with E-state index in [0.29, 0.717) is 0 Å². The van der Waals surface area contributed by atoms with E-state index in [4.69, 9.17) is 16.3 Å². The second-order valence-corrected chi connectivity index (χ2v) is 13.3. The Balaban J connectivity index is 1.26. The quantitative estimate of drug-likeness (QED) is 0.218. The lowest BCUT2D eigenvalue weighted by atomic mass is 9.43. The van der Waals surface area contributed by atoms with Gasteiger partial charge in [-0.3, -0.25) is 0 Å². The zero-order valence-corrected chi connectivity index (χ0v) is 22.1. The van der Waals surface area contributed by atoms with Gasteiger partial charge in [-0.1, -0.05) is 71.9 Å². The third kappa shape index (κ3) is 2.73. The van der Waals surface area contributed by atoms with Crippen molar-refractivity contribution < 1.29 is 4.74 Å². The summed E-state index contributed by atoms with van der Waals surface area (Å²) in [5, 5.41) is 0.795. The van der Waals surface area contributed by atoms with Crippen molar-refractivity contribution in [2.45, 2.75) is 47.3 Å². The molecular weight excluding hydrogens is 492 g/mol. The summed E-state index contributed by atoms with van der Waals surface area (Å²) in [4.78, 5) is 2.27. The zero-order chi connectivity index (χ0) is 24.3. The normalized spacial score (nSPS) is 29.4. The first kappa shape index (κ1) is 21.3. The maximum Gasteiger partial charge on any atom is 0.142 e. The summed E-state index contributed by atoms with van der Waals surface area (Å²) in [6, 6.07) is 28.8. The second-order valence-electron chi connectivity index (χ2n) is 11.9. The second kappa shape index (κ2) is 7.46. The topological polar surface area (TPSA) is 9.23 Å². The van der Waals surface area contributed by atoms with Crippen LogP contribution >= 0.6 is 23.4 Å². The van der Waals surface area contributed by atoms with Crippen LogP contribution in [0.25, 0.3) is 22.3 Å². The summed E-state index contributed by atoms with van der Waals surface area (Å²) >= 11 is 8.77. The molecule has 0 radical (unpaired) electrons. The molecule has 4 bridgehead atoms. The van der Waals surface area contributed by atoms with Gasteiger partial charge in [0, 0.05) is 16.0 Å². The smallest absolute Gasteiger partial charge is 0.142 e. The molecule has 4 aromatic rings. The van der Waals surface area contributed by atoms with Crippen LogP contribution in [-0.2, 0) is 5.41 Å². The van der Waals surface area contributed by atoms with Gasteiger partial charge in [-0.05, 0) is 114 Å². The van der Waals surface area contributed by atoms with E-state index in [0.717, 1.165) is 55.5 Å². The molecule has 0 saturated heterocycles. The summed E-state index contributed by atoms with van der Waals surface area (Å²) in [7, 11) is 0. The molecule has 4 aromatic carbocycles. The summed E-state index contributed by atoms with van der Waals surface area (Å²) in [6.07, 6.45) is 7.06. The molecule has 0 aromatic heterocycles. The Bertz CT molecular complexity index is 1590. The van der Waals surface area contributed by atoms with Crippen LogP contribution in [0.4, 0.5) is 0 Å². The van der Waals surface area contributed by atoms with Crippen LogP contribution in [0.1, 0.15) is 43.2 Å². The third-order valence-corrected chi connectivity index (χ3v) is 11.7. The Labute approximate surface area is 227 Å². The standard InChI is InChI=1S/C34H27ClOS/c35-28-11-12-30-33(37-31-8-4-3-7-29(31)36-30)32(28)21-9-10-25-24-5-1-2-6-26(24)34(27(25)18-21)22-14-19-13-20(16-22)17-23(34)15-19/h1-12,18-20,22-23H,13-17H2. The largest absolute Gasteiger partial charge is 0.455 e. The summed E-state index contributed by atoms with van der Waals surface area (Å²) in [5.41, 5.74) is 8.56. The average Bonchev–Trinajstić information content (AvgIpc) is 3.20. The van der Waals surface area contributed by atoms with Gasteiger partial charge in [0.05, 0.1) is 9.79 Å². The van der Waals surface area contributed by atoms with E-state index in [-0.39, 0.29) is 5.41 Å². The lowest BCUT2D eigenvalue weighted by Gasteiger charge is -2.61. The lowest BCUT2D eigenvalue weighted by molar-refractivity contribution is -0.0399. The molecule has 3 heteroatoms. The summed E-state index contributed by atoms with van der Waals surface area (Å²) in [5.74, 6) is 5.21. The first-order chi connectivity index (χ1) is 18.2. The van der Waals surface area contributed by atoms with Crippen molar-refractivity contribution in [3.8, 4) is 33.8 Å². The van der Waals surface area contributed by atoms with Crippen LogP contribution in [0.2, 0.25) is 5.02 Å². The van der Waals surface area contributed by atoms with Gasteiger partial charge in [-0.2, -0.15) is 0 Å². The molecule has 0 N–H and O–H groups in total. The Morgan fingerprint density at radius 3 is 2.27 bits per heavy atom. The van der Waals surface area contributed by atoms with Gasteiger partial charge in [-0.25, -0.2) is 0 Å². The minimum atomic E-state index is 0.160. The number of para-hydroxylation sites is 1. The van der Waals surface area contributed by atoms with E-state index in [1.807, 2.05) is 24.3 Å². The van der Waals surface area contributed by atoms with Gasteiger partial charge >= 0.3 is 0 Å². The zero-order valence-electron chi connectivity index (χ0n) is 20.5. The van der Waals surface area contributed by atoms with Crippen LogP contribution < -0.4 is 4.74 Å². The number of benzene rings is 4. The van der Waals surface area contributed by atoms with Crippen molar-refractivity contribution >= 4 is 23.4 Å². The maximum atomic E-state index is 6.99. The van der Waals surface area contributed by atoms with Crippen molar-refractivity contribution in [1.82, 2.24) is 0 Å². The molecule has 4 saturated carbocycles. The van der Waals surface area contributed by atoms with Crippen molar-refractivity contribution in [1.29, 1.82) is 0 Å². The number of hydrogen-bond donors (Lipinski definition) is 0. The molecule has 1 aliphatic heterocycles. The van der Waals surface area contributed by atoms with Gasteiger partial charge in [0.15, 0.2) is 0 Å². The van der Waals surface area contributed by atoms with E-state index in [9.17, 15) is 0 Å². The number of hydrogen-bond acceptors (Lipinski definition) is 2. The molecule has 5 aliphatic carbocycles. The van der Waals surface area contributed by atoms with E-state index < -0.39 is 0 Å². The summed E-state index contributed by atoms with van der Waals surface area (Å²) in [6.45, 7) is 0. The highest BCUT2D eigenvalue weighted by Gasteiger charge is 2.61. The van der Waals surface area contributed by atoms with Gasteiger partial charge in [0.25, 0.3) is 0 Å². The van der Waals surface area contributed by atoms with E-state index >= 15 is 0 Å². The van der Waals surface area contributed by atoms with Crippen LogP contribution in [0.5, 0.6) is 11.5 Å². The SMILES string of the molecule is Clc1ccc2c(c1-c1ccc3c(c1)C1(c4ccccc4-3)C3CC4CC(C3)CC1C4)Sc1ccccc1O2. The van der Waals surface area contributed by atoms with Gasteiger partial charge in [-0.15, -0.1) is 0 Å². The number of rotatable bonds is 1. The highest BCUT2D eigenvalue weighted by Crippen LogP contribution is 2.69. The van der Waals surface area contributed by atoms with Crippen LogP contribution in [0, 0.1) is 23.7 Å². The Morgan fingerprint density at radius 1 is 0.703 bits per heavy atom. The van der Waals surface area contributed by atoms with Crippen LogP contribution in [0.3, 0.4) is 0 Å². The highest BCUT2D eigenvalue weighted by molar-refractivity contribution is 7.99. The average molecular weight is 519 g/mol. The Kier molecular flexibility index (Phi) is 4.29. The number of halogens is 1. The van der Waals surface area contributed by atoms with E-state index in [2.05, 4.69) is 54.6 Å². The van der Waals surface area contributed by atoms with E-state index in [1.165, 1.54) is 48.8 Å². The first-order valence-electron chi connectivity index (χ1n) is 13.7. The van der Waals surface area contributed by atoms with Crippen molar-refractivity contribution in [3.63, 3.8) is 0 Å². The first-order valence-corrected chi connectivity index (χ1v) is 14.9. The molecule has 6 aliphatic rings. The maximum absolute atomic E-state index is 6.99. The van der Waals surface area contributed by atoms with Crippen LogP contribution in [0.15, 0.2) is 88.7 Å². The monoisotopic (exact) mass is 518 g/mol. The third-order valence-electron chi connectivity index (χ3n) is 10.2. The lowest BCUT2D eigenvalue weighted by Crippen LogP contribution is -2.55. The molecule has 0 unspecified atom stereocenters. The highest BCUT2D eigenvalue weighted by atomic mass is 35.5. The van der Waals surface area contributed by atoms with Gasteiger partial charge in [0.2, 0.25) is 0 Å². The molecule has 0 amide bonds. The minimum Gasteiger partial charge on any atom is -0.455 e. The fourth-order valence-electron chi connectivity index (χ4n) is 9.15. The van der Waals surface area contributed by atoms with Crippen molar-refractivity contribution in [2.75, 3.05) is 0 Å². The molecule has 4 fully saturated rings. The van der Waals surface area contributed by atoms with Crippen molar-refractivity contribution in [3.05, 3.63) is 95.0 Å². The predicted octanol–water partition coefficient (Wildman–Crippen LogP) is 9.99. The molecule has 1 nitrogen and oxygen atoms in total. The fraction of sp³-hybridized carbons (Fsp3) is 0.294. The molecule has 37 heavy (non-hydrogen) atoms. The molecule has 1 spiro atoms. The molecule has 182 valence electrons. The van der Waals surface area contributed by atoms with E-state index in [1.54, 1.807) is 22.9 Å². The van der Waals surface area contributed by atoms with Gasteiger partial charge < -0.3 is 4.74 Å². The Morgan fingerprint density at radius 2 is 1.43 bits per heavy atom. The minimum absolute atomic E-state index is 0.160. The Hall–Kier alpha value is -2.68. The predicted molar refractivity (Wildman–Crippen MR) is 151 cm³/mol. The molecule has 10 rings (SSSR count). The van der Waals surface area contributed by atoms with Gasteiger partial charge in [0.1, 0.15) is 11.5 Å². The van der Waals surface area contributed by atoms with Crippen molar-refractivity contribution in [2.24, 2.45) is 23.7 Å².